The minimum Gasteiger partial charge on any atom is -0.504 e. The number of carbonyl (C=O) groups excluding carboxylic acids is 1. The Balaban J connectivity index is 1.96. The van der Waals surface area contributed by atoms with Gasteiger partial charge in [-0.15, -0.1) is 0 Å². The Kier molecular flexibility index (Phi) is 5.20. The molecule has 0 radical (unpaired) electrons. The van der Waals surface area contributed by atoms with Gasteiger partial charge in [-0.2, -0.15) is 0 Å². The number of nitrogens with zero attached hydrogens (tertiary/aromatic N) is 1. The summed E-state index contributed by atoms with van der Waals surface area (Å²) >= 11 is 6.44. The number of carboxylic acids is 1. The lowest BCUT2D eigenvalue weighted by Gasteiger charge is -2.15. The molecule has 1 saturated heterocycles. The predicted molar refractivity (Wildman–Crippen MR) is 108 cm³/mol. The first kappa shape index (κ1) is 18.9. The van der Waals surface area contributed by atoms with Gasteiger partial charge in [-0.05, 0) is 48.4 Å². The summed E-state index contributed by atoms with van der Waals surface area (Å²) < 4.78 is 5.39. The number of phenolic OH excluding ortho intramolecular Hbond substituents is 1. The van der Waals surface area contributed by atoms with Crippen molar-refractivity contribution in [1.82, 2.24) is 0 Å². The molecule has 8 heteroatoms. The van der Waals surface area contributed by atoms with E-state index < -0.39 is 5.97 Å². The number of carbonyl (C=O) groups is 2. The molecule has 0 saturated carbocycles. The average molecular weight is 401 g/mol. The molecule has 2 aromatic carbocycles. The third kappa shape index (κ3) is 3.67. The van der Waals surface area contributed by atoms with Crippen molar-refractivity contribution in [3.8, 4) is 11.5 Å². The maximum atomic E-state index is 12.8. The van der Waals surface area contributed by atoms with Gasteiger partial charge in [0.2, 0.25) is 0 Å². The molecule has 6 nitrogen and oxygen atoms in total. The maximum Gasteiger partial charge on any atom is 0.336 e. The summed E-state index contributed by atoms with van der Waals surface area (Å²) in [5, 5.41) is 19.0. The third-order valence-corrected chi connectivity index (χ3v) is 5.31. The van der Waals surface area contributed by atoms with E-state index in [1.807, 2.05) is 0 Å². The number of methoxy groups -OCH3 is 1. The number of benzene rings is 2. The van der Waals surface area contributed by atoms with E-state index in [2.05, 4.69) is 0 Å². The zero-order valence-electron chi connectivity index (χ0n) is 14.4. The van der Waals surface area contributed by atoms with E-state index in [0.717, 1.165) is 11.8 Å². The highest BCUT2D eigenvalue weighted by atomic mass is 32.2. The van der Waals surface area contributed by atoms with Gasteiger partial charge in [0.25, 0.3) is 5.91 Å². The molecule has 3 rings (SSSR count). The van der Waals surface area contributed by atoms with Crippen LogP contribution in [0.15, 0.2) is 41.3 Å². The number of amides is 1. The fourth-order valence-corrected chi connectivity index (χ4v) is 3.90. The van der Waals surface area contributed by atoms with Crippen LogP contribution in [0, 0.1) is 6.92 Å². The fourth-order valence-electron chi connectivity index (χ4n) is 2.61. The van der Waals surface area contributed by atoms with Crippen LogP contribution in [0.4, 0.5) is 5.69 Å². The number of anilines is 1. The quantitative estimate of drug-likeness (QED) is 0.595. The topological polar surface area (TPSA) is 87.1 Å². The maximum absolute atomic E-state index is 12.8. The van der Waals surface area contributed by atoms with Crippen molar-refractivity contribution in [2.24, 2.45) is 0 Å². The van der Waals surface area contributed by atoms with E-state index in [1.165, 1.54) is 24.1 Å². The molecule has 2 aromatic rings. The number of phenols is 1. The first-order chi connectivity index (χ1) is 12.8. The number of ether oxygens (including phenoxy) is 1. The molecule has 0 aliphatic carbocycles. The van der Waals surface area contributed by atoms with Crippen molar-refractivity contribution >= 4 is 51.9 Å². The second kappa shape index (κ2) is 7.42. The van der Waals surface area contributed by atoms with Crippen LogP contribution < -0.4 is 9.64 Å². The highest BCUT2D eigenvalue weighted by molar-refractivity contribution is 8.27. The summed E-state index contributed by atoms with van der Waals surface area (Å²) in [5.74, 6) is -1.10. The van der Waals surface area contributed by atoms with Crippen LogP contribution in [-0.4, -0.2) is 33.5 Å². The molecule has 0 spiro atoms. The molecule has 2 N–H and O–H groups in total. The van der Waals surface area contributed by atoms with Crippen molar-refractivity contribution in [2.45, 2.75) is 6.92 Å². The SMILES string of the molecule is COc1cc(C=C2SC(=S)N(c3ccc(C)c(C(=O)O)c3)C2=O)ccc1O. The van der Waals surface area contributed by atoms with Crippen LogP contribution in [0.2, 0.25) is 0 Å². The van der Waals surface area contributed by atoms with Gasteiger partial charge in [-0.25, -0.2) is 4.79 Å². The zero-order valence-corrected chi connectivity index (χ0v) is 16.1. The van der Waals surface area contributed by atoms with E-state index in [-0.39, 0.29) is 17.2 Å². The van der Waals surface area contributed by atoms with Gasteiger partial charge in [0.1, 0.15) is 0 Å². The molecule has 0 atom stereocenters. The minimum absolute atomic E-state index is 0.00283. The van der Waals surface area contributed by atoms with Gasteiger partial charge < -0.3 is 14.9 Å². The molecule has 1 fully saturated rings. The Morgan fingerprint density at radius 1 is 1.26 bits per heavy atom. The largest absolute Gasteiger partial charge is 0.504 e. The first-order valence-corrected chi connectivity index (χ1v) is 9.03. The molecular formula is C19H15NO5S2. The van der Waals surface area contributed by atoms with Gasteiger partial charge in [0.15, 0.2) is 15.8 Å². The first-order valence-electron chi connectivity index (χ1n) is 7.80. The van der Waals surface area contributed by atoms with E-state index >= 15 is 0 Å². The van der Waals surface area contributed by atoms with Crippen LogP contribution >= 0.6 is 24.0 Å². The van der Waals surface area contributed by atoms with E-state index in [4.69, 9.17) is 17.0 Å². The van der Waals surface area contributed by atoms with Gasteiger partial charge >= 0.3 is 5.97 Å². The lowest BCUT2D eigenvalue weighted by atomic mass is 10.1. The Morgan fingerprint density at radius 3 is 2.67 bits per heavy atom. The van der Waals surface area contributed by atoms with Crippen molar-refractivity contribution in [3.05, 3.63) is 58.0 Å². The number of thiocarbonyl (C=S) groups is 1. The summed E-state index contributed by atoms with van der Waals surface area (Å²) in [4.78, 5) is 25.9. The minimum atomic E-state index is -1.06. The summed E-state index contributed by atoms with van der Waals surface area (Å²) in [6, 6.07) is 9.49. The molecule has 27 heavy (non-hydrogen) atoms. The zero-order chi connectivity index (χ0) is 19.7. The number of aromatic hydroxyl groups is 1. The number of hydrogen-bond donors (Lipinski definition) is 2. The molecule has 0 aromatic heterocycles. The summed E-state index contributed by atoms with van der Waals surface area (Å²) in [6.45, 7) is 1.69. The molecule has 1 heterocycles. The van der Waals surface area contributed by atoms with Gasteiger partial charge in [-0.1, -0.05) is 36.1 Å². The summed E-state index contributed by atoms with van der Waals surface area (Å²) in [7, 11) is 1.44. The van der Waals surface area contributed by atoms with Crippen LogP contribution in [-0.2, 0) is 4.79 Å². The summed E-state index contributed by atoms with van der Waals surface area (Å²) in [5.41, 5.74) is 1.80. The molecule has 138 valence electrons. The molecular weight excluding hydrogens is 386 g/mol. The number of carboxylic acid groups (broad SMARTS) is 1. The Morgan fingerprint density at radius 2 is 2.00 bits per heavy atom. The Hall–Kier alpha value is -2.84. The molecule has 0 unspecified atom stereocenters. The summed E-state index contributed by atoms with van der Waals surface area (Å²) in [6.07, 6.45) is 1.65. The second-order valence-electron chi connectivity index (χ2n) is 5.75. The average Bonchev–Trinajstić information content (AvgIpc) is 2.90. The van der Waals surface area contributed by atoms with Gasteiger partial charge in [0.05, 0.1) is 23.3 Å². The van der Waals surface area contributed by atoms with Crippen LogP contribution in [0.5, 0.6) is 11.5 Å². The lowest BCUT2D eigenvalue weighted by Crippen LogP contribution is -2.27. The molecule has 1 amide bonds. The van der Waals surface area contributed by atoms with Crippen molar-refractivity contribution in [1.29, 1.82) is 0 Å². The van der Waals surface area contributed by atoms with E-state index in [9.17, 15) is 19.8 Å². The second-order valence-corrected chi connectivity index (χ2v) is 7.43. The van der Waals surface area contributed by atoms with Crippen molar-refractivity contribution < 1.29 is 24.5 Å². The van der Waals surface area contributed by atoms with E-state index in [0.29, 0.717) is 31.8 Å². The predicted octanol–water partition coefficient (Wildman–Crippen LogP) is 3.81. The van der Waals surface area contributed by atoms with Crippen LogP contribution in [0.3, 0.4) is 0 Å². The smallest absolute Gasteiger partial charge is 0.336 e. The number of aryl methyl sites for hydroxylation is 1. The highest BCUT2D eigenvalue weighted by Crippen LogP contribution is 2.37. The molecule has 1 aliphatic rings. The highest BCUT2D eigenvalue weighted by Gasteiger charge is 2.33. The molecule has 1 aliphatic heterocycles. The van der Waals surface area contributed by atoms with Crippen molar-refractivity contribution in [3.63, 3.8) is 0 Å². The van der Waals surface area contributed by atoms with Gasteiger partial charge in [-0.3, -0.25) is 9.69 Å². The third-order valence-electron chi connectivity index (χ3n) is 4.01. The van der Waals surface area contributed by atoms with Crippen molar-refractivity contribution in [2.75, 3.05) is 12.0 Å². The van der Waals surface area contributed by atoms with Crippen LogP contribution in [0.1, 0.15) is 21.5 Å². The Bertz CT molecular complexity index is 1000. The fraction of sp³-hybridized carbons (Fsp3) is 0.105. The molecule has 0 bridgehead atoms. The van der Waals surface area contributed by atoms with Gasteiger partial charge in [0, 0.05) is 0 Å². The number of rotatable bonds is 4. The Labute approximate surface area is 165 Å². The normalized spacial score (nSPS) is 15.5. The standard InChI is InChI=1S/C19H15NO5S2/c1-10-3-5-12(9-13(10)18(23)24)20-17(22)16(27-19(20)26)8-11-4-6-14(21)15(7-11)25-2/h3-9,21H,1-2H3,(H,23,24). The van der Waals surface area contributed by atoms with E-state index in [1.54, 1.807) is 37.3 Å². The monoisotopic (exact) mass is 401 g/mol. The van der Waals surface area contributed by atoms with Crippen LogP contribution in [0.25, 0.3) is 6.08 Å². The number of hydrogen-bond acceptors (Lipinski definition) is 6. The number of aromatic carboxylic acids is 1. The number of thioether (sulfide) groups is 1. The lowest BCUT2D eigenvalue weighted by molar-refractivity contribution is -0.113.